The largest absolute Gasteiger partial charge is 0.378 e. The van der Waals surface area contributed by atoms with Gasteiger partial charge in [-0.05, 0) is 71.2 Å². The van der Waals surface area contributed by atoms with Crippen molar-refractivity contribution >= 4 is 24.1 Å². The molecule has 32 heavy (non-hydrogen) atoms. The topological polar surface area (TPSA) is 87.9 Å². The van der Waals surface area contributed by atoms with E-state index in [-0.39, 0.29) is 23.9 Å². The number of hydrogen-bond acceptors (Lipinski definition) is 5. The maximum absolute atomic E-state index is 12.9. The quantitative estimate of drug-likeness (QED) is 0.422. The molecule has 0 spiro atoms. The summed E-state index contributed by atoms with van der Waals surface area (Å²) >= 11 is 0. The van der Waals surface area contributed by atoms with E-state index < -0.39 is 0 Å². The van der Waals surface area contributed by atoms with E-state index in [2.05, 4.69) is 24.4 Å². The monoisotopic (exact) mass is 432 g/mol. The predicted octanol–water partition coefficient (Wildman–Crippen LogP) is 0.695. The van der Waals surface area contributed by atoms with E-state index in [1.54, 1.807) is 0 Å². The first kappa shape index (κ1) is 20.7. The molecule has 3 N–H and O–H groups in total. The number of morpholine rings is 1. The number of benzene rings is 2. The fraction of sp³-hybridized carbons (Fsp3) is 0.360. The van der Waals surface area contributed by atoms with Crippen LogP contribution in [0, 0.1) is 12.8 Å². The maximum Gasteiger partial charge on any atom is 0.254 e. The summed E-state index contributed by atoms with van der Waals surface area (Å²) in [5.41, 5.74) is 3.88. The summed E-state index contributed by atoms with van der Waals surface area (Å²) in [5, 5.41) is 6.58. The first-order chi connectivity index (χ1) is 15.5. The van der Waals surface area contributed by atoms with Gasteiger partial charge in [-0.2, -0.15) is 0 Å². The van der Waals surface area contributed by atoms with Crippen LogP contribution < -0.4 is 21.6 Å². The Morgan fingerprint density at radius 1 is 1.09 bits per heavy atom. The minimum atomic E-state index is -0.349. The lowest BCUT2D eigenvalue weighted by atomic mass is 9.96. The lowest BCUT2D eigenvalue weighted by molar-refractivity contribution is -0.134. The standard InChI is InChI=1S/C25H28N4O3/c1-16-2-3-20(24(30)28-8-10-32-11-9-28)13-22(16)19-7-6-18-14-23(27-15-21(18)12-19)29(26)25(31)17-4-5-17/h2-3,6-7,12-15,17,23,27H,4-5,8-11,26H2,1H3. The zero-order valence-corrected chi connectivity index (χ0v) is 18.2. The molecule has 1 aliphatic carbocycles. The molecule has 2 fully saturated rings. The van der Waals surface area contributed by atoms with E-state index in [1.807, 2.05) is 41.4 Å². The predicted molar refractivity (Wildman–Crippen MR) is 122 cm³/mol. The van der Waals surface area contributed by atoms with Crippen molar-refractivity contribution in [2.75, 3.05) is 26.3 Å². The Bertz CT molecular complexity index is 1180. The van der Waals surface area contributed by atoms with Crippen molar-refractivity contribution in [2.24, 2.45) is 11.8 Å². The number of amides is 2. The van der Waals surface area contributed by atoms with Crippen LogP contribution in [-0.2, 0) is 9.53 Å². The van der Waals surface area contributed by atoms with Gasteiger partial charge in [-0.3, -0.25) is 14.6 Å². The number of nitrogens with zero attached hydrogens (tertiary/aromatic N) is 2. The number of hydrogen-bond donors (Lipinski definition) is 2. The molecule has 2 aromatic carbocycles. The lowest BCUT2D eigenvalue weighted by Crippen LogP contribution is -2.54. The average molecular weight is 433 g/mol. The minimum absolute atomic E-state index is 0.00963. The van der Waals surface area contributed by atoms with Crippen LogP contribution in [0.25, 0.3) is 23.4 Å². The second-order valence-electron chi connectivity index (χ2n) is 8.72. The smallest absolute Gasteiger partial charge is 0.254 e. The summed E-state index contributed by atoms with van der Waals surface area (Å²) < 4.78 is 5.36. The maximum atomic E-state index is 12.9. The van der Waals surface area contributed by atoms with Gasteiger partial charge < -0.3 is 15.0 Å². The number of aryl methyl sites for hydroxylation is 1. The Labute approximate surface area is 187 Å². The second-order valence-corrected chi connectivity index (χ2v) is 8.72. The summed E-state index contributed by atoms with van der Waals surface area (Å²) in [6, 6.07) is 12.1. The summed E-state index contributed by atoms with van der Waals surface area (Å²) in [7, 11) is 0. The number of nitrogens with two attached hydrogens (primary N) is 1. The first-order valence-corrected chi connectivity index (χ1v) is 11.2. The average Bonchev–Trinajstić information content (AvgIpc) is 3.68. The summed E-state index contributed by atoms with van der Waals surface area (Å²) in [5.74, 6) is 6.17. The van der Waals surface area contributed by atoms with Gasteiger partial charge in [0.15, 0.2) is 0 Å². The fourth-order valence-electron chi connectivity index (χ4n) is 4.27. The van der Waals surface area contributed by atoms with Gasteiger partial charge in [0.1, 0.15) is 6.17 Å². The lowest BCUT2D eigenvalue weighted by Gasteiger charge is -2.27. The van der Waals surface area contributed by atoms with Crippen molar-refractivity contribution in [3.8, 4) is 11.1 Å². The first-order valence-electron chi connectivity index (χ1n) is 11.2. The van der Waals surface area contributed by atoms with Crippen LogP contribution in [0.1, 0.15) is 28.8 Å². The number of carbonyl (C=O) groups excluding carboxylic acids is 2. The number of nitrogens with one attached hydrogen (secondary N) is 1. The van der Waals surface area contributed by atoms with Gasteiger partial charge in [0.25, 0.3) is 5.91 Å². The van der Waals surface area contributed by atoms with Crippen LogP contribution in [0.5, 0.6) is 0 Å². The van der Waals surface area contributed by atoms with Crippen molar-refractivity contribution in [2.45, 2.75) is 25.9 Å². The van der Waals surface area contributed by atoms with Gasteiger partial charge in [-0.25, -0.2) is 5.84 Å². The van der Waals surface area contributed by atoms with Gasteiger partial charge in [0.2, 0.25) is 5.91 Å². The Kier molecular flexibility index (Phi) is 5.45. The summed E-state index contributed by atoms with van der Waals surface area (Å²) in [4.78, 5) is 27.1. The molecule has 3 aliphatic rings. The third-order valence-electron chi connectivity index (χ3n) is 6.41. The Balaban J connectivity index is 1.42. The molecule has 1 unspecified atom stereocenters. The van der Waals surface area contributed by atoms with E-state index in [0.717, 1.165) is 40.0 Å². The SMILES string of the molecule is Cc1ccc(C(=O)N2CCOCC2)cc1-c1ccc2c(c1)=CNC(N(N)C(=O)C1CC1)C=2. The highest BCUT2D eigenvalue weighted by molar-refractivity contribution is 5.96. The molecule has 7 nitrogen and oxygen atoms in total. The third kappa shape index (κ3) is 4.01. The molecule has 1 saturated carbocycles. The Morgan fingerprint density at radius 3 is 2.62 bits per heavy atom. The molecule has 0 bridgehead atoms. The van der Waals surface area contributed by atoms with Crippen molar-refractivity contribution in [1.82, 2.24) is 15.2 Å². The number of fused-ring (bicyclic) bond motifs is 1. The van der Waals surface area contributed by atoms with Gasteiger partial charge in [-0.1, -0.05) is 18.2 Å². The molecule has 2 amide bonds. The molecule has 2 aliphatic heterocycles. The highest BCUT2D eigenvalue weighted by Gasteiger charge is 2.34. The zero-order chi connectivity index (χ0) is 22.2. The van der Waals surface area contributed by atoms with Crippen molar-refractivity contribution in [3.05, 3.63) is 58.0 Å². The molecule has 1 saturated heterocycles. The van der Waals surface area contributed by atoms with Crippen LogP contribution in [0.15, 0.2) is 36.4 Å². The van der Waals surface area contributed by atoms with Crippen LogP contribution in [0.4, 0.5) is 0 Å². The normalized spacial score (nSPS) is 19.8. The van der Waals surface area contributed by atoms with Gasteiger partial charge in [0, 0.05) is 30.8 Å². The van der Waals surface area contributed by atoms with Gasteiger partial charge in [0.05, 0.1) is 13.2 Å². The molecule has 0 radical (unpaired) electrons. The van der Waals surface area contributed by atoms with Crippen LogP contribution in [-0.4, -0.2) is 54.2 Å². The highest BCUT2D eigenvalue weighted by atomic mass is 16.5. The summed E-state index contributed by atoms with van der Waals surface area (Å²) in [6.45, 7) is 4.47. The van der Waals surface area contributed by atoms with Crippen LogP contribution in [0.2, 0.25) is 0 Å². The van der Waals surface area contributed by atoms with Gasteiger partial charge >= 0.3 is 0 Å². The Hall–Kier alpha value is -3.16. The molecule has 1 atom stereocenters. The molecule has 0 aromatic heterocycles. The van der Waals surface area contributed by atoms with Crippen molar-refractivity contribution < 1.29 is 14.3 Å². The molecule has 2 heterocycles. The third-order valence-corrected chi connectivity index (χ3v) is 6.41. The molecule has 7 heteroatoms. The van der Waals surface area contributed by atoms with Crippen LogP contribution >= 0.6 is 0 Å². The van der Waals surface area contributed by atoms with E-state index in [4.69, 9.17) is 10.6 Å². The Morgan fingerprint density at radius 2 is 1.88 bits per heavy atom. The van der Waals surface area contributed by atoms with Gasteiger partial charge in [-0.15, -0.1) is 0 Å². The van der Waals surface area contributed by atoms with E-state index >= 15 is 0 Å². The number of hydrazine groups is 1. The zero-order valence-electron chi connectivity index (χ0n) is 18.2. The van der Waals surface area contributed by atoms with Crippen molar-refractivity contribution in [1.29, 1.82) is 0 Å². The van der Waals surface area contributed by atoms with E-state index in [1.165, 1.54) is 5.01 Å². The fourth-order valence-corrected chi connectivity index (χ4v) is 4.27. The summed E-state index contributed by atoms with van der Waals surface area (Å²) in [6.07, 6.45) is 5.38. The molecular formula is C25H28N4O3. The molecular weight excluding hydrogens is 404 g/mol. The minimum Gasteiger partial charge on any atom is -0.378 e. The molecule has 5 rings (SSSR count). The number of rotatable bonds is 4. The second kappa shape index (κ2) is 8.41. The highest BCUT2D eigenvalue weighted by Crippen LogP contribution is 2.30. The molecule has 2 aromatic rings. The van der Waals surface area contributed by atoms with Crippen molar-refractivity contribution in [3.63, 3.8) is 0 Å². The van der Waals surface area contributed by atoms with Crippen LogP contribution in [0.3, 0.4) is 0 Å². The number of ether oxygens (including phenoxy) is 1. The van der Waals surface area contributed by atoms with E-state index in [9.17, 15) is 9.59 Å². The number of carbonyl (C=O) groups is 2. The van der Waals surface area contributed by atoms with E-state index in [0.29, 0.717) is 31.9 Å². The molecule has 166 valence electrons.